The van der Waals surface area contributed by atoms with Crippen molar-refractivity contribution in [1.29, 1.82) is 0 Å². The molecule has 1 aliphatic heterocycles. The van der Waals surface area contributed by atoms with Crippen molar-refractivity contribution in [1.82, 2.24) is 10.2 Å². The fourth-order valence-corrected chi connectivity index (χ4v) is 2.30. The molecule has 0 spiro atoms. The zero-order chi connectivity index (χ0) is 11.4. The molecule has 2 fully saturated rings. The van der Waals surface area contributed by atoms with Crippen LogP contribution in [0.25, 0.3) is 0 Å². The van der Waals surface area contributed by atoms with E-state index < -0.39 is 0 Å². The molecule has 1 saturated carbocycles. The summed E-state index contributed by atoms with van der Waals surface area (Å²) in [7, 11) is 0. The molecule has 2 N–H and O–H groups in total. The van der Waals surface area contributed by atoms with Gasteiger partial charge in [0.1, 0.15) is 0 Å². The van der Waals surface area contributed by atoms with E-state index in [1.165, 1.54) is 0 Å². The van der Waals surface area contributed by atoms with Crippen LogP contribution in [0.5, 0.6) is 0 Å². The largest absolute Gasteiger partial charge is 0.391 e. The first kappa shape index (κ1) is 11.7. The number of carbonyl (C=O) groups excluding carboxylic acids is 1. The second kappa shape index (κ2) is 5.50. The second-order valence-electron chi connectivity index (χ2n) is 4.51. The van der Waals surface area contributed by atoms with E-state index in [4.69, 9.17) is 4.74 Å². The van der Waals surface area contributed by atoms with Gasteiger partial charge in [-0.1, -0.05) is 12.8 Å². The van der Waals surface area contributed by atoms with Crippen molar-refractivity contribution in [2.45, 2.75) is 37.8 Å². The van der Waals surface area contributed by atoms with E-state index in [0.717, 1.165) is 25.7 Å². The Hall–Kier alpha value is -0.810. The van der Waals surface area contributed by atoms with Crippen LogP contribution in [0.15, 0.2) is 0 Å². The molecule has 2 atom stereocenters. The first-order valence-corrected chi connectivity index (χ1v) is 6.08. The van der Waals surface area contributed by atoms with Gasteiger partial charge in [-0.15, -0.1) is 0 Å². The number of urea groups is 1. The molecule has 0 aromatic carbocycles. The van der Waals surface area contributed by atoms with Crippen LogP contribution in [-0.2, 0) is 4.74 Å². The Labute approximate surface area is 95.8 Å². The summed E-state index contributed by atoms with van der Waals surface area (Å²) in [5.41, 5.74) is 0. The minimum Gasteiger partial charge on any atom is -0.391 e. The summed E-state index contributed by atoms with van der Waals surface area (Å²) in [6.07, 6.45) is 3.46. The van der Waals surface area contributed by atoms with Crippen LogP contribution in [0.2, 0.25) is 0 Å². The molecule has 1 aliphatic carbocycles. The van der Waals surface area contributed by atoms with Crippen LogP contribution >= 0.6 is 0 Å². The van der Waals surface area contributed by atoms with E-state index in [-0.39, 0.29) is 18.2 Å². The smallest absolute Gasteiger partial charge is 0.317 e. The lowest BCUT2D eigenvalue weighted by atomic mass is 9.93. The fourth-order valence-electron chi connectivity index (χ4n) is 2.30. The van der Waals surface area contributed by atoms with Gasteiger partial charge in [0.2, 0.25) is 0 Å². The summed E-state index contributed by atoms with van der Waals surface area (Å²) < 4.78 is 5.19. The molecule has 2 aliphatic rings. The molecular formula is C11H20N2O3. The molecule has 92 valence electrons. The molecule has 5 nitrogen and oxygen atoms in total. The van der Waals surface area contributed by atoms with Gasteiger partial charge >= 0.3 is 6.03 Å². The first-order chi connectivity index (χ1) is 7.77. The topological polar surface area (TPSA) is 61.8 Å². The number of hydrogen-bond donors (Lipinski definition) is 2. The van der Waals surface area contributed by atoms with Crippen molar-refractivity contribution in [3.05, 3.63) is 0 Å². The van der Waals surface area contributed by atoms with Crippen LogP contribution < -0.4 is 5.32 Å². The lowest BCUT2D eigenvalue weighted by molar-refractivity contribution is 0.0468. The van der Waals surface area contributed by atoms with Gasteiger partial charge in [0, 0.05) is 13.1 Å². The average molecular weight is 228 g/mol. The molecule has 0 radical (unpaired) electrons. The summed E-state index contributed by atoms with van der Waals surface area (Å²) in [4.78, 5) is 13.6. The third-order valence-electron chi connectivity index (χ3n) is 3.34. The molecular weight excluding hydrogens is 208 g/mol. The summed E-state index contributed by atoms with van der Waals surface area (Å²) in [6.45, 7) is 2.52. The minimum atomic E-state index is -0.376. The summed E-state index contributed by atoms with van der Waals surface area (Å²) in [6, 6.07) is -0.127. The third-order valence-corrected chi connectivity index (χ3v) is 3.34. The maximum Gasteiger partial charge on any atom is 0.317 e. The number of aliphatic hydroxyl groups excluding tert-OH is 1. The summed E-state index contributed by atoms with van der Waals surface area (Å²) in [5, 5.41) is 12.7. The van der Waals surface area contributed by atoms with E-state index in [1.54, 1.807) is 4.90 Å². The van der Waals surface area contributed by atoms with E-state index in [9.17, 15) is 9.90 Å². The number of morpholine rings is 1. The van der Waals surface area contributed by atoms with Crippen molar-refractivity contribution in [3.63, 3.8) is 0 Å². The number of carbonyl (C=O) groups is 1. The molecule has 2 rings (SSSR count). The molecule has 2 amide bonds. The highest BCUT2D eigenvalue weighted by Crippen LogP contribution is 2.18. The highest BCUT2D eigenvalue weighted by atomic mass is 16.5. The van der Waals surface area contributed by atoms with Gasteiger partial charge in [-0.25, -0.2) is 4.79 Å². The van der Waals surface area contributed by atoms with Crippen LogP contribution in [0, 0.1) is 0 Å². The lowest BCUT2D eigenvalue weighted by Crippen LogP contribution is -2.52. The number of hydrogen-bond acceptors (Lipinski definition) is 3. The van der Waals surface area contributed by atoms with Crippen molar-refractivity contribution < 1.29 is 14.6 Å². The summed E-state index contributed by atoms with van der Waals surface area (Å²) >= 11 is 0. The Kier molecular flexibility index (Phi) is 4.01. The molecule has 16 heavy (non-hydrogen) atoms. The maximum atomic E-state index is 11.9. The predicted octanol–water partition coefficient (Wildman–Crippen LogP) is 0.332. The zero-order valence-corrected chi connectivity index (χ0v) is 9.52. The summed E-state index contributed by atoms with van der Waals surface area (Å²) in [5.74, 6) is 0. The van der Waals surface area contributed by atoms with Crippen molar-refractivity contribution in [3.8, 4) is 0 Å². The zero-order valence-electron chi connectivity index (χ0n) is 9.52. The number of nitrogens with zero attached hydrogens (tertiary/aromatic N) is 1. The van der Waals surface area contributed by atoms with E-state index in [0.29, 0.717) is 26.3 Å². The van der Waals surface area contributed by atoms with Gasteiger partial charge in [0.05, 0.1) is 25.4 Å². The Bertz CT molecular complexity index is 241. The van der Waals surface area contributed by atoms with E-state index >= 15 is 0 Å². The number of amides is 2. The van der Waals surface area contributed by atoms with E-state index in [2.05, 4.69) is 5.32 Å². The number of nitrogens with one attached hydrogen (secondary N) is 1. The average Bonchev–Trinajstić information content (AvgIpc) is 2.33. The molecule has 1 saturated heterocycles. The predicted molar refractivity (Wildman–Crippen MR) is 59.2 cm³/mol. The third kappa shape index (κ3) is 2.86. The van der Waals surface area contributed by atoms with Gasteiger partial charge in [0.15, 0.2) is 0 Å². The van der Waals surface area contributed by atoms with Crippen LogP contribution in [-0.4, -0.2) is 54.5 Å². The van der Waals surface area contributed by atoms with Gasteiger partial charge < -0.3 is 20.1 Å². The van der Waals surface area contributed by atoms with Crippen LogP contribution in [0.3, 0.4) is 0 Å². The molecule has 0 aromatic rings. The number of ether oxygens (including phenoxy) is 1. The quantitative estimate of drug-likeness (QED) is 0.680. The first-order valence-electron chi connectivity index (χ1n) is 6.08. The molecule has 0 bridgehead atoms. The monoisotopic (exact) mass is 228 g/mol. The van der Waals surface area contributed by atoms with Gasteiger partial charge in [-0.3, -0.25) is 0 Å². The lowest BCUT2D eigenvalue weighted by Gasteiger charge is -2.32. The van der Waals surface area contributed by atoms with Crippen LogP contribution in [0.1, 0.15) is 25.7 Å². The standard InChI is InChI=1S/C11H20N2O3/c14-10-4-2-1-3-9(10)12-11(15)13-5-7-16-8-6-13/h9-10,14H,1-8H2,(H,12,15). The second-order valence-corrected chi connectivity index (χ2v) is 4.51. The highest BCUT2D eigenvalue weighted by molar-refractivity contribution is 5.74. The van der Waals surface area contributed by atoms with Gasteiger partial charge in [-0.2, -0.15) is 0 Å². The number of rotatable bonds is 1. The molecule has 5 heteroatoms. The Morgan fingerprint density at radius 3 is 2.62 bits per heavy atom. The fraction of sp³-hybridized carbons (Fsp3) is 0.909. The Balaban J connectivity index is 1.80. The minimum absolute atomic E-state index is 0.0609. The van der Waals surface area contributed by atoms with Crippen molar-refractivity contribution in [2.24, 2.45) is 0 Å². The molecule has 0 aromatic heterocycles. The maximum absolute atomic E-state index is 11.9. The normalized spacial score (nSPS) is 31.2. The SMILES string of the molecule is O=C(NC1CCCCC1O)N1CCOCC1. The molecule has 1 heterocycles. The van der Waals surface area contributed by atoms with Gasteiger partial charge in [0.25, 0.3) is 0 Å². The Morgan fingerprint density at radius 1 is 1.25 bits per heavy atom. The highest BCUT2D eigenvalue weighted by Gasteiger charge is 2.26. The van der Waals surface area contributed by atoms with Crippen molar-refractivity contribution >= 4 is 6.03 Å². The Morgan fingerprint density at radius 2 is 1.94 bits per heavy atom. The number of aliphatic hydroxyl groups is 1. The van der Waals surface area contributed by atoms with E-state index in [1.807, 2.05) is 0 Å². The van der Waals surface area contributed by atoms with Gasteiger partial charge in [-0.05, 0) is 12.8 Å². The van der Waals surface area contributed by atoms with Crippen LogP contribution in [0.4, 0.5) is 4.79 Å². The van der Waals surface area contributed by atoms with Crippen molar-refractivity contribution in [2.75, 3.05) is 26.3 Å². The molecule has 2 unspecified atom stereocenters.